The lowest BCUT2D eigenvalue weighted by Crippen LogP contribution is -2.53. The minimum absolute atomic E-state index is 0.570. The first kappa shape index (κ1) is 19.7. The SMILES string of the molecule is CCOc1c(CN2CCN(C)CC2)nc2nc1[N+]1(CCOCC1)c1cc-2ccc1N. The van der Waals surface area contributed by atoms with E-state index < -0.39 is 0 Å². The number of nitrogen functional groups attached to an aromatic ring is 1. The molecule has 1 aromatic heterocycles. The minimum atomic E-state index is 0.570. The van der Waals surface area contributed by atoms with Crippen LogP contribution in [-0.2, 0) is 11.3 Å². The highest BCUT2D eigenvalue weighted by Gasteiger charge is 2.45. The molecule has 4 bridgehead atoms. The summed E-state index contributed by atoms with van der Waals surface area (Å²) >= 11 is 0. The number of hydrogen-bond acceptors (Lipinski definition) is 7. The van der Waals surface area contributed by atoms with Crippen LogP contribution in [0.2, 0.25) is 0 Å². The van der Waals surface area contributed by atoms with Crippen LogP contribution in [0.3, 0.4) is 0 Å². The van der Waals surface area contributed by atoms with Crippen molar-refractivity contribution in [3.8, 4) is 17.1 Å². The third-order valence-electron chi connectivity index (χ3n) is 6.57. The van der Waals surface area contributed by atoms with Crippen molar-refractivity contribution >= 4 is 17.2 Å². The summed E-state index contributed by atoms with van der Waals surface area (Å²) in [7, 11) is 2.18. The fourth-order valence-corrected chi connectivity index (χ4v) is 4.79. The van der Waals surface area contributed by atoms with E-state index in [4.69, 9.17) is 25.2 Å². The third kappa shape index (κ3) is 3.24. The number of nitrogens with two attached hydrogens (primary N) is 1. The molecule has 0 atom stereocenters. The van der Waals surface area contributed by atoms with Crippen LogP contribution in [0.5, 0.6) is 5.75 Å². The zero-order valence-electron chi connectivity index (χ0n) is 17.9. The average molecular weight is 412 g/mol. The number of morpholine rings is 1. The Balaban J connectivity index is 1.66. The van der Waals surface area contributed by atoms with E-state index in [9.17, 15) is 0 Å². The van der Waals surface area contributed by atoms with E-state index in [1.54, 1.807) is 0 Å². The minimum Gasteiger partial charge on any atom is -0.485 e. The van der Waals surface area contributed by atoms with Crippen LogP contribution < -0.4 is 15.0 Å². The Morgan fingerprint density at radius 3 is 2.63 bits per heavy atom. The van der Waals surface area contributed by atoms with Gasteiger partial charge in [-0.3, -0.25) is 4.90 Å². The lowest BCUT2D eigenvalue weighted by Gasteiger charge is -2.40. The van der Waals surface area contributed by atoms with Gasteiger partial charge in [-0.25, -0.2) is 9.47 Å². The second-order valence-electron chi connectivity index (χ2n) is 8.46. The molecule has 3 aliphatic rings. The number of fused-ring (bicyclic) bond motifs is 7. The maximum atomic E-state index is 6.49. The maximum Gasteiger partial charge on any atom is 0.280 e. The van der Waals surface area contributed by atoms with Gasteiger partial charge in [-0.05, 0) is 26.1 Å². The van der Waals surface area contributed by atoms with E-state index in [1.807, 2.05) is 19.1 Å². The van der Waals surface area contributed by atoms with E-state index >= 15 is 0 Å². The van der Waals surface area contributed by atoms with Crippen molar-refractivity contribution in [3.63, 3.8) is 0 Å². The second kappa shape index (κ2) is 7.77. The summed E-state index contributed by atoms with van der Waals surface area (Å²) < 4.78 is 12.6. The normalized spacial score (nSPS) is 20.9. The molecule has 2 N–H and O–H groups in total. The van der Waals surface area contributed by atoms with E-state index in [0.29, 0.717) is 24.3 Å². The number of anilines is 1. The number of benzene rings is 1. The van der Waals surface area contributed by atoms with E-state index in [1.165, 1.54) is 0 Å². The maximum absolute atomic E-state index is 6.49. The van der Waals surface area contributed by atoms with Crippen LogP contribution in [-0.4, -0.2) is 85.9 Å². The second-order valence-corrected chi connectivity index (χ2v) is 8.46. The summed E-state index contributed by atoms with van der Waals surface area (Å²) in [6, 6.07) is 6.18. The molecule has 4 heterocycles. The molecule has 1 spiro atoms. The topological polar surface area (TPSA) is 76.7 Å². The van der Waals surface area contributed by atoms with Crippen molar-refractivity contribution in [2.45, 2.75) is 13.5 Å². The van der Waals surface area contributed by atoms with Crippen LogP contribution in [0.1, 0.15) is 12.6 Å². The van der Waals surface area contributed by atoms with E-state index in [2.05, 4.69) is 22.9 Å². The molecule has 8 nitrogen and oxygen atoms in total. The van der Waals surface area contributed by atoms with Crippen LogP contribution in [0.15, 0.2) is 18.2 Å². The van der Waals surface area contributed by atoms with Gasteiger partial charge in [-0.15, -0.1) is 0 Å². The van der Waals surface area contributed by atoms with Gasteiger partial charge in [0, 0.05) is 44.4 Å². The molecule has 0 radical (unpaired) electrons. The number of quaternary nitrogens is 1. The zero-order chi connectivity index (χ0) is 20.7. The molecule has 5 rings (SSSR count). The molecule has 0 aliphatic carbocycles. The first-order chi connectivity index (χ1) is 14.6. The number of piperazine rings is 1. The lowest BCUT2D eigenvalue weighted by molar-refractivity contribution is 0.0620. The van der Waals surface area contributed by atoms with Gasteiger partial charge in [-0.1, -0.05) is 0 Å². The van der Waals surface area contributed by atoms with Crippen molar-refractivity contribution in [2.24, 2.45) is 0 Å². The van der Waals surface area contributed by atoms with Gasteiger partial charge in [0.15, 0.2) is 11.5 Å². The average Bonchev–Trinajstić information content (AvgIpc) is 2.84. The summed E-state index contributed by atoms with van der Waals surface area (Å²) in [5.41, 5.74) is 10.3. The Bertz CT molecular complexity index is 935. The van der Waals surface area contributed by atoms with Crippen molar-refractivity contribution in [3.05, 3.63) is 23.9 Å². The quantitative estimate of drug-likeness (QED) is 0.608. The van der Waals surface area contributed by atoms with Crippen LogP contribution in [0.4, 0.5) is 17.2 Å². The van der Waals surface area contributed by atoms with E-state index in [-0.39, 0.29) is 0 Å². The number of rotatable bonds is 4. The van der Waals surface area contributed by atoms with Crippen molar-refractivity contribution in [1.29, 1.82) is 0 Å². The Morgan fingerprint density at radius 1 is 1.13 bits per heavy atom. The molecule has 2 aromatic rings. The van der Waals surface area contributed by atoms with Crippen LogP contribution in [0.25, 0.3) is 11.4 Å². The Kier molecular flexibility index (Phi) is 5.10. The Labute approximate surface area is 177 Å². The molecule has 160 valence electrons. The van der Waals surface area contributed by atoms with Gasteiger partial charge >= 0.3 is 0 Å². The van der Waals surface area contributed by atoms with Gasteiger partial charge in [0.2, 0.25) is 5.75 Å². The molecule has 2 saturated heterocycles. The number of likely N-dealkylation sites (N-methyl/N-ethyl adjacent to an activating group) is 1. The first-order valence-corrected chi connectivity index (χ1v) is 10.9. The molecule has 0 amide bonds. The summed E-state index contributed by atoms with van der Waals surface area (Å²) in [6.07, 6.45) is 0. The van der Waals surface area contributed by atoms with Crippen LogP contribution >= 0.6 is 0 Å². The van der Waals surface area contributed by atoms with Crippen molar-refractivity contribution in [2.75, 3.05) is 71.9 Å². The molecule has 8 heteroatoms. The highest BCUT2D eigenvalue weighted by molar-refractivity contribution is 5.81. The number of hydrogen-bond donors (Lipinski definition) is 1. The fourth-order valence-electron chi connectivity index (χ4n) is 4.79. The van der Waals surface area contributed by atoms with Gasteiger partial charge in [0.25, 0.3) is 5.82 Å². The zero-order valence-corrected chi connectivity index (χ0v) is 17.9. The number of aromatic nitrogens is 2. The summed E-state index contributed by atoms with van der Waals surface area (Å²) in [6.45, 7) is 10.5. The molecule has 30 heavy (non-hydrogen) atoms. The molecular formula is C22H31N6O2+. The van der Waals surface area contributed by atoms with Crippen molar-refractivity contribution in [1.82, 2.24) is 24.3 Å². The standard InChI is InChI=1S/C22H31N6O2/c1-3-30-20-18(15-27-8-6-26(2)7-9-27)24-21-16-4-5-17(23)19(14-16)28(22(20)25-21)10-12-29-13-11-28/h4-5,14H,3,6-13,15,23H2,1-2H3/q+1. The molecule has 0 unspecified atom stereocenters. The van der Waals surface area contributed by atoms with E-state index in [0.717, 1.165) is 85.8 Å². The Morgan fingerprint density at radius 2 is 1.90 bits per heavy atom. The fraction of sp³-hybridized carbons (Fsp3) is 0.545. The highest BCUT2D eigenvalue weighted by atomic mass is 16.5. The molecule has 2 fully saturated rings. The molecule has 1 aromatic carbocycles. The molecular weight excluding hydrogens is 380 g/mol. The predicted molar refractivity (Wildman–Crippen MR) is 118 cm³/mol. The van der Waals surface area contributed by atoms with Gasteiger partial charge in [0.1, 0.15) is 18.8 Å². The molecule has 0 saturated carbocycles. The summed E-state index contributed by atoms with van der Waals surface area (Å²) in [4.78, 5) is 14.9. The molecule has 3 aliphatic heterocycles. The lowest BCUT2D eigenvalue weighted by atomic mass is 10.1. The summed E-state index contributed by atoms with van der Waals surface area (Å²) in [5.74, 6) is 2.52. The monoisotopic (exact) mass is 411 g/mol. The largest absolute Gasteiger partial charge is 0.485 e. The third-order valence-corrected chi connectivity index (χ3v) is 6.57. The Hall–Kier alpha value is -2.26. The van der Waals surface area contributed by atoms with Gasteiger partial charge < -0.3 is 20.1 Å². The highest BCUT2D eigenvalue weighted by Crippen LogP contribution is 2.48. The smallest absolute Gasteiger partial charge is 0.280 e. The number of nitrogens with zero attached hydrogens (tertiary/aromatic N) is 5. The van der Waals surface area contributed by atoms with Gasteiger partial charge in [-0.2, -0.15) is 4.98 Å². The van der Waals surface area contributed by atoms with Crippen molar-refractivity contribution < 1.29 is 9.47 Å². The van der Waals surface area contributed by atoms with Crippen LogP contribution in [0, 0.1) is 0 Å². The predicted octanol–water partition coefficient (Wildman–Crippen LogP) is 1.85. The summed E-state index contributed by atoms with van der Waals surface area (Å²) in [5, 5.41) is 0. The first-order valence-electron chi connectivity index (χ1n) is 10.9. The number of ether oxygens (including phenoxy) is 2. The van der Waals surface area contributed by atoms with Gasteiger partial charge in [0.05, 0.1) is 25.5 Å².